The highest BCUT2D eigenvalue weighted by atomic mass is 35.5. The van der Waals surface area contributed by atoms with Gasteiger partial charge in [-0.25, -0.2) is 0 Å². The molecule has 0 aliphatic rings. The van der Waals surface area contributed by atoms with Crippen molar-refractivity contribution in [2.24, 2.45) is 0 Å². The standard InChI is InChI=1S/C12H9ClOS/c13-10-6-7-15-12(10)11(14)8-9-4-2-1-3-5-9/h1-7H,8H2. The van der Waals surface area contributed by atoms with Crippen LogP contribution in [0, 0.1) is 0 Å². The molecule has 0 saturated heterocycles. The average molecular weight is 237 g/mol. The minimum atomic E-state index is 0.0844. The van der Waals surface area contributed by atoms with Crippen molar-refractivity contribution in [1.82, 2.24) is 0 Å². The number of halogens is 1. The summed E-state index contributed by atoms with van der Waals surface area (Å²) < 4.78 is 0. The lowest BCUT2D eigenvalue weighted by molar-refractivity contribution is 0.0997. The first-order valence-electron chi connectivity index (χ1n) is 4.57. The highest BCUT2D eigenvalue weighted by Crippen LogP contribution is 2.23. The van der Waals surface area contributed by atoms with Crippen LogP contribution >= 0.6 is 22.9 Å². The smallest absolute Gasteiger partial charge is 0.178 e. The van der Waals surface area contributed by atoms with Crippen molar-refractivity contribution in [1.29, 1.82) is 0 Å². The Kier molecular flexibility index (Phi) is 3.19. The minimum Gasteiger partial charge on any atom is -0.293 e. The van der Waals surface area contributed by atoms with E-state index in [1.165, 1.54) is 11.3 Å². The van der Waals surface area contributed by atoms with E-state index in [0.717, 1.165) is 5.56 Å². The molecule has 1 aromatic carbocycles. The fraction of sp³-hybridized carbons (Fsp3) is 0.0833. The van der Waals surface area contributed by atoms with Crippen molar-refractivity contribution in [3.63, 3.8) is 0 Å². The summed E-state index contributed by atoms with van der Waals surface area (Å²) >= 11 is 7.29. The Morgan fingerprint density at radius 2 is 1.93 bits per heavy atom. The topological polar surface area (TPSA) is 17.1 Å². The molecule has 2 aromatic rings. The summed E-state index contributed by atoms with van der Waals surface area (Å²) in [6.45, 7) is 0. The van der Waals surface area contributed by atoms with Crippen LogP contribution in [-0.4, -0.2) is 5.78 Å². The molecule has 0 saturated carbocycles. The molecule has 0 amide bonds. The molecule has 1 aromatic heterocycles. The molecule has 0 aliphatic carbocycles. The zero-order valence-corrected chi connectivity index (χ0v) is 9.52. The van der Waals surface area contributed by atoms with Gasteiger partial charge in [0.1, 0.15) is 0 Å². The van der Waals surface area contributed by atoms with E-state index in [0.29, 0.717) is 16.3 Å². The van der Waals surface area contributed by atoms with Crippen LogP contribution in [-0.2, 0) is 6.42 Å². The van der Waals surface area contributed by atoms with Crippen molar-refractivity contribution in [3.8, 4) is 0 Å². The van der Waals surface area contributed by atoms with Crippen LogP contribution in [0.5, 0.6) is 0 Å². The molecule has 76 valence electrons. The molecule has 0 unspecified atom stereocenters. The van der Waals surface area contributed by atoms with E-state index in [1.807, 2.05) is 35.7 Å². The van der Waals surface area contributed by atoms with E-state index in [9.17, 15) is 4.79 Å². The van der Waals surface area contributed by atoms with Gasteiger partial charge in [-0.3, -0.25) is 4.79 Å². The fourth-order valence-electron chi connectivity index (χ4n) is 1.35. The van der Waals surface area contributed by atoms with Crippen molar-refractivity contribution < 1.29 is 4.79 Å². The van der Waals surface area contributed by atoms with E-state index in [2.05, 4.69) is 0 Å². The number of rotatable bonds is 3. The molecule has 3 heteroatoms. The summed E-state index contributed by atoms with van der Waals surface area (Å²) in [7, 11) is 0. The molecule has 0 bridgehead atoms. The van der Waals surface area contributed by atoms with Crippen LogP contribution in [0.3, 0.4) is 0 Å². The second-order valence-electron chi connectivity index (χ2n) is 3.18. The van der Waals surface area contributed by atoms with Crippen LogP contribution in [0.1, 0.15) is 15.2 Å². The number of carbonyl (C=O) groups is 1. The SMILES string of the molecule is O=C(Cc1ccccc1)c1sccc1Cl. The Morgan fingerprint density at radius 1 is 1.20 bits per heavy atom. The Morgan fingerprint density at radius 3 is 2.53 bits per heavy atom. The van der Waals surface area contributed by atoms with E-state index >= 15 is 0 Å². The summed E-state index contributed by atoms with van der Waals surface area (Å²) in [6.07, 6.45) is 0.418. The van der Waals surface area contributed by atoms with Gasteiger partial charge in [0, 0.05) is 6.42 Å². The molecule has 1 heterocycles. The van der Waals surface area contributed by atoms with E-state index in [4.69, 9.17) is 11.6 Å². The first-order valence-corrected chi connectivity index (χ1v) is 5.83. The molecule has 0 radical (unpaired) electrons. The van der Waals surface area contributed by atoms with E-state index < -0.39 is 0 Å². The molecule has 15 heavy (non-hydrogen) atoms. The molecular formula is C12H9ClOS. The van der Waals surface area contributed by atoms with Gasteiger partial charge in [0.25, 0.3) is 0 Å². The van der Waals surface area contributed by atoms with Crippen LogP contribution in [0.2, 0.25) is 5.02 Å². The lowest BCUT2D eigenvalue weighted by Crippen LogP contribution is -2.01. The number of hydrogen-bond donors (Lipinski definition) is 0. The number of ketones is 1. The lowest BCUT2D eigenvalue weighted by atomic mass is 10.1. The zero-order chi connectivity index (χ0) is 10.7. The summed E-state index contributed by atoms with van der Waals surface area (Å²) in [5.41, 5.74) is 1.02. The number of Topliss-reactive ketones (excluding diaryl/α,β-unsaturated/α-hetero) is 1. The number of carbonyl (C=O) groups excluding carboxylic acids is 1. The van der Waals surface area contributed by atoms with Gasteiger partial charge in [0.2, 0.25) is 0 Å². The summed E-state index contributed by atoms with van der Waals surface area (Å²) in [5.74, 6) is 0.0844. The van der Waals surface area contributed by atoms with Gasteiger partial charge in [-0.2, -0.15) is 0 Å². The Labute approximate surface area is 97.3 Å². The lowest BCUT2D eigenvalue weighted by Gasteiger charge is -1.99. The summed E-state index contributed by atoms with van der Waals surface area (Å²) in [5, 5.41) is 2.39. The Balaban J connectivity index is 2.15. The van der Waals surface area contributed by atoms with Gasteiger partial charge >= 0.3 is 0 Å². The van der Waals surface area contributed by atoms with Gasteiger partial charge in [-0.05, 0) is 17.0 Å². The van der Waals surface area contributed by atoms with Crippen LogP contribution in [0.4, 0.5) is 0 Å². The summed E-state index contributed by atoms with van der Waals surface area (Å²) in [6, 6.07) is 11.4. The van der Waals surface area contributed by atoms with Gasteiger partial charge in [0.05, 0.1) is 9.90 Å². The quantitative estimate of drug-likeness (QED) is 0.741. The molecule has 1 nitrogen and oxygen atoms in total. The van der Waals surface area contributed by atoms with Gasteiger partial charge in [-0.15, -0.1) is 11.3 Å². The normalized spacial score (nSPS) is 10.2. The van der Waals surface area contributed by atoms with Crippen LogP contribution < -0.4 is 0 Å². The Hall–Kier alpha value is -1.12. The monoisotopic (exact) mass is 236 g/mol. The van der Waals surface area contributed by atoms with E-state index in [-0.39, 0.29) is 5.78 Å². The van der Waals surface area contributed by atoms with E-state index in [1.54, 1.807) is 6.07 Å². The maximum Gasteiger partial charge on any atom is 0.178 e. The van der Waals surface area contributed by atoms with Crippen LogP contribution in [0.25, 0.3) is 0 Å². The summed E-state index contributed by atoms with van der Waals surface area (Å²) in [4.78, 5) is 12.5. The van der Waals surface area contributed by atoms with Crippen molar-refractivity contribution >= 4 is 28.7 Å². The third-order valence-electron chi connectivity index (χ3n) is 2.08. The van der Waals surface area contributed by atoms with Crippen molar-refractivity contribution in [3.05, 3.63) is 57.2 Å². The maximum atomic E-state index is 11.8. The molecule has 0 fully saturated rings. The molecule has 0 N–H and O–H groups in total. The van der Waals surface area contributed by atoms with Crippen LogP contribution in [0.15, 0.2) is 41.8 Å². The molecule has 0 spiro atoms. The highest BCUT2D eigenvalue weighted by Gasteiger charge is 2.11. The second-order valence-corrected chi connectivity index (χ2v) is 4.51. The number of thiophene rings is 1. The molecule has 0 atom stereocenters. The Bertz CT molecular complexity index is 461. The van der Waals surface area contributed by atoms with Crippen molar-refractivity contribution in [2.45, 2.75) is 6.42 Å². The predicted octanol–water partition coefficient (Wildman–Crippen LogP) is 3.83. The first kappa shape index (κ1) is 10.4. The number of hydrogen-bond acceptors (Lipinski definition) is 2. The fourth-order valence-corrected chi connectivity index (χ4v) is 2.46. The predicted molar refractivity (Wildman–Crippen MR) is 63.8 cm³/mol. The van der Waals surface area contributed by atoms with Gasteiger partial charge in [0.15, 0.2) is 5.78 Å². The van der Waals surface area contributed by atoms with Gasteiger partial charge < -0.3 is 0 Å². The third kappa shape index (κ3) is 2.46. The van der Waals surface area contributed by atoms with Gasteiger partial charge in [-0.1, -0.05) is 41.9 Å². The molecule has 2 rings (SSSR count). The number of benzene rings is 1. The minimum absolute atomic E-state index is 0.0844. The van der Waals surface area contributed by atoms with Crippen molar-refractivity contribution in [2.75, 3.05) is 0 Å². The third-order valence-corrected chi connectivity index (χ3v) is 3.46. The maximum absolute atomic E-state index is 11.8. The molecule has 0 aliphatic heterocycles. The highest BCUT2D eigenvalue weighted by molar-refractivity contribution is 7.12. The average Bonchev–Trinajstić information content (AvgIpc) is 2.66. The largest absolute Gasteiger partial charge is 0.293 e. The molecular weight excluding hydrogens is 228 g/mol. The second kappa shape index (κ2) is 4.60. The zero-order valence-electron chi connectivity index (χ0n) is 7.94. The first-order chi connectivity index (χ1) is 7.27.